The highest BCUT2D eigenvalue weighted by molar-refractivity contribution is 14.1. The minimum absolute atomic E-state index is 0.0166. The van der Waals surface area contributed by atoms with Crippen molar-refractivity contribution < 1.29 is 9.32 Å². The van der Waals surface area contributed by atoms with Crippen LogP contribution in [0.3, 0.4) is 0 Å². The molecular weight excluding hydrogens is 285 g/mol. The molecule has 1 saturated carbocycles. The fourth-order valence-electron chi connectivity index (χ4n) is 1.21. The number of hydrogen-bond acceptors (Lipinski definition) is 4. The number of halogens is 1. The van der Waals surface area contributed by atoms with Gasteiger partial charge in [-0.1, -0.05) is 27.7 Å². The summed E-state index contributed by atoms with van der Waals surface area (Å²) in [6.45, 7) is 0. The second kappa shape index (κ2) is 3.24. The summed E-state index contributed by atoms with van der Waals surface area (Å²) >= 11 is 2.02. The van der Waals surface area contributed by atoms with Crippen molar-refractivity contribution in [1.82, 2.24) is 15.5 Å². The van der Waals surface area contributed by atoms with E-state index in [-0.39, 0.29) is 11.4 Å². The largest absolute Gasteiger partial charge is 0.343 e. The van der Waals surface area contributed by atoms with Gasteiger partial charge in [0.05, 0.1) is 4.43 Å². The molecule has 1 N–H and O–H groups in total. The van der Waals surface area contributed by atoms with Gasteiger partial charge in [-0.25, -0.2) is 0 Å². The van der Waals surface area contributed by atoms with E-state index in [0.717, 1.165) is 12.8 Å². The van der Waals surface area contributed by atoms with Gasteiger partial charge >= 0.3 is 0 Å². The number of alkyl halides is 1. The van der Waals surface area contributed by atoms with E-state index in [4.69, 9.17) is 0 Å². The molecule has 1 heterocycles. The Labute approximate surface area is 88.4 Å². The lowest BCUT2D eigenvalue weighted by Gasteiger charge is -2.11. The lowest BCUT2D eigenvalue weighted by Crippen LogP contribution is -2.36. The number of amides is 1. The zero-order valence-electron chi connectivity index (χ0n) is 6.79. The van der Waals surface area contributed by atoms with E-state index in [2.05, 4.69) is 20.0 Å². The van der Waals surface area contributed by atoms with Crippen LogP contribution in [0.25, 0.3) is 0 Å². The molecule has 1 aliphatic carbocycles. The highest BCUT2D eigenvalue weighted by atomic mass is 127. The monoisotopic (exact) mass is 293 g/mol. The molecule has 1 aromatic rings. The van der Waals surface area contributed by atoms with Crippen molar-refractivity contribution in [2.24, 2.45) is 0 Å². The Bertz CT molecular complexity index is 308. The highest BCUT2D eigenvalue weighted by Gasteiger charge is 2.49. The van der Waals surface area contributed by atoms with Crippen LogP contribution in [-0.4, -0.2) is 20.5 Å². The van der Waals surface area contributed by atoms with Crippen LogP contribution in [0.15, 0.2) is 10.9 Å². The maximum Gasteiger partial charge on any atom is 0.230 e. The average Bonchev–Trinajstić information content (AvgIpc) is 2.70. The molecule has 0 atom stereocenters. The Morgan fingerprint density at radius 2 is 2.54 bits per heavy atom. The van der Waals surface area contributed by atoms with Gasteiger partial charge in [0.15, 0.2) is 5.82 Å². The third kappa shape index (κ3) is 1.67. The van der Waals surface area contributed by atoms with Crippen LogP contribution in [0.4, 0.5) is 0 Å². The first kappa shape index (κ1) is 8.92. The zero-order valence-corrected chi connectivity index (χ0v) is 8.95. The first-order chi connectivity index (χ1) is 6.27. The fraction of sp³-hybridized carbons (Fsp3) is 0.571. The van der Waals surface area contributed by atoms with Crippen LogP contribution in [0.2, 0.25) is 0 Å². The van der Waals surface area contributed by atoms with Crippen molar-refractivity contribution in [3.63, 3.8) is 0 Å². The fourth-order valence-corrected chi connectivity index (χ4v) is 1.40. The molecule has 1 amide bonds. The van der Waals surface area contributed by atoms with Gasteiger partial charge < -0.3 is 9.84 Å². The summed E-state index contributed by atoms with van der Waals surface area (Å²) in [7, 11) is 0. The molecular formula is C7H8IN3O2. The summed E-state index contributed by atoms with van der Waals surface area (Å²) in [5.74, 6) is 0.605. The molecule has 0 radical (unpaired) electrons. The van der Waals surface area contributed by atoms with E-state index in [1.54, 1.807) is 0 Å². The Kier molecular flexibility index (Phi) is 2.22. The van der Waals surface area contributed by atoms with E-state index in [1.807, 2.05) is 22.6 Å². The molecule has 70 valence electrons. The number of nitrogens with one attached hydrogen (secondary N) is 1. The van der Waals surface area contributed by atoms with Gasteiger partial charge in [-0.2, -0.15) is 4.98 Å². The van der Waals surface area contributed by atoms with Crippen molar-refractivity contribution in [3.8, 4) is 0 Å². The molecule has 0 bridgehead atoms. The van der Waals surface area contributed by atoms with E-state index >= 15 is 0 Å². The quantitative estimate of drug-likeness (QED) is 0.655. The Morgan fingerprint density at radius 1 is 1.77 bits per heavy atom. The molecule has 2 rings (SSSR count). The van der Waals surface area contributed by atoms with E-state index in [1.165, 1.54) is 6.39 Å². The predicted molar refractivity (Wildman–Crippen MR) is 52.2 cm³/mol. The number of hydrogen-bond donors (Lipinski definition) is 1. The maximum absolute atomic E-state index is 11.2. The number of rotatable bonds is 3. The average molecular weight is 293 g/mol. The number of nitrogens with zero attached hydrogens (tertiary/aromatic N) is 2. The van der Waals surface area contributed by atoms with Crippen molar-refractivity contribution >= 4 is 28.5 Å². The normalized spacial score (nSPS) is 18.2. The molecule has 6 heteroatoms. The minimum atomic E-state index is -0.324. The summed E-state index contributed by atoms with van der Waals surface area (Å²) in [6, 6.07) is 0. The summed E-state index contributed by atoms with van der Waals surface area (Å²) in [6.07, 6.45) is 3.08. The first-order valence-corrected chi connectivity index (χ1v) is 5.43. The second-order valence-electron chi connectivity index (χ2n) is 3.02. The van der Waals surface area contributed by atoms with Crippen LogP contribution in [0.1, 0.15) is 18.7 Å². The van der Waals surface area contributed by atoms with E-state index in [9.17, 15) is 4.79 Å². The second-order valence-corrected chi connectivity index (χ2v) is 3.78. The van der Waals surface area contributed by atoms with Crippen LogP contribution in [0.5, 0.6) is 0 Å². The number of carbonyl (C=O) groups is 1. The van der Waals surface area contributed by atoms with Gasteiger partial charge in [0.1, 0.15) is 5.54 Å². The van der Waals surface area contributed by atoms with Gasteiger partial charge in [-0.05, 0) is 12.8 Å². The summed E-state index contributed by atoms with van der Waals surface area (Å²) in [4.78, 5) is 15.1. The van der Waals surface area contributed by atoms with E-state index < -0.39 is 0 Å². The minimum Gasteiger partial charge on any atom is -0.343 e. The van der Waals surface area contributed by atoms with E-state index in [0.29, 0.717) is 10.3 Å². The Hall–Kier alpha value is -0.660. The van der Waals surface area contributed by atoms with Crippen molar-refractivity contribution in [3.05, 3.63) is 12.2 Å². The van der Waals surface area contributed by atoms with Crippen LogP contribution in [-0.2, 0) is 10.3 Å². The van der Waals surface area contributed by atoms with Crippen LogP contribution in [0, 0.1) is 0 Å². The molecule has 5 nitrogen and oxygen atoms in total. The standard InChI is InChI=1S/C7H8IN3O2/c8-3-5(12)10-7(1-2-7)6-9-4-13-11-6/h4H,1-3H2,(H,10,12). The predicted octanol–water partition coefficient (Wildman–Crippen LogP) is 0.610. The topological polar surface area (TPSA) is 68.0 Å². The van der Waals surface area contributed by atoms with Crippen molar-refractivity contribution in [1.29, 1.82) is 0 Å². The highest BCUT2D eigenvalue weighted by Crippen LogP contribution is 2.43. The molecule has 1 fully saturated rings. The molecule has 0 aliphatic heterocycles. The smallest absolute Gasteiger partial charge is 0.230 e. The maximum atomic E-state index is 11.2. The zero-order chi connectivity index (χ0) is 9.31. The molecule has 1 aromatic heterocycles. The summed E-state index contributed by atoms with van der Waals surface area (Å²) < 4.78 is 5.10. The van der Waals surface area contributed by atoms with Crippen LogP contribution >= 0.6 is 22.6 Å². The molecule has 0 saturated heterocycles. The third-order valence-corrected chi connectivity index (χ3v) is 2.73. The molecule has 0 aromatic carbocycles. The summed E-state index contributed by atoms with van der Waals surface area (Å²) in [5, 5.41) is 6.62. The molecule has 13 heavy (non-hydrogen) atoms. The van der Waals surface area contributed by atoms with Gasteiger partial charge in [0.25, 0.3) is 0 Å². The summed E-state index contributed by atoms with van der Waals surface area (Å²) in [5.41, 5.74) is -0.324. The van der Waals surface area contributed by atoms with Gasteiger partial charge in [0, 0.05) is 0 Å². The number of aromatic nitrogens is 2. The van der Waals surface area contributed by atoms with Crippen molar-refractivity contribution in [2.75, 3.05) is 4.43 Å². The van der Waals surface area contributed by atoms with Crippen LogP contribution < -0.4 is 5.32 Å². The Morgan fingerprint density at radius 3 is 3.00 bits per heavy atom. The SMILES string of the molecule is O=C(CI)NC1(c2ncon2)CC1. The lowest BCUT2D eigenvalue weighted by molar-refractivity contribution is -0.119. The third-order valence-electron chi connectivity index (χ3n) is 2.04. The van der Waals surface area contributed by atoms with Gasteiger partial charge in [0.2, 0.25) is 12.3 Å². The Balaban J connectivity index is 2.10. The molecule has 1 aliphatic rings. The lowest BCUT2D eigenvalue weighted by atomic mass is 10.2. The van der Waals surface area contributed by atoms with Gasteiger partial charge in [-0.15, -0.1) is 0 Å². The molecule has 0 unspecified atom stereocenters. The van der Waals surface area contributed by atoms with Crippen molar-refractivity contribution in [2.45, 2.75) is 18.4 Å². The first-order valence-electron chi connectivity index (χ1n) is 3.91. The van der Waals surface area contributed by atoms with Gasteiger partial charge in [-0.3, -0.25) is 4.79 Å². The number of carbonyl (C=O) groups excluding carboxylic acids is 1. The molecule has 0 spiro atoms.